The van der Waals surface area contributed by atoms with Gasteiger partial charge in [0.15, 0.2) is 0 Å². The molecule has 0 saturated heterocycles. The second kappa shape index (κ2) is 8.00. The van der Waals surface area contributed by atoms with Crippen LogP contribution >= 0.6 is 0 Å². The molecule has 0 aromatic heterocycles. The molecule has 0 unspecified atom stereocenters. The Bertz CT molecular complexity index is 665. The van der Waals surface area contributed by atoms with Crippen LogP contribution in [0.3, 0.4) is 0 Å². The quantitative estimate of drug-likeness (QED) is 0.450. The first kappa shape index (κ1) is 16.6. The fourth-order valence-corrected chi connectivity index (χ4v) is 2.44. The lowest BCUT2D eigenvalue weighted by molar-refractivity contribution is 0.578. The first-order valence-electron chi connectivity index (χ1n) is 6.27. The van der Waals surface area contributed by atoms with Crippen LogP contribution in [-0.4, -0.2) is 20.7 Å². The van der Waals surface area contributed by atoms with Crippen LogP contribution in [0.5, 0.6) is 0 Å². The van der Waals surface area contributed by atoms with E-state index < -0.39 is 10.0 Å². The van der Waals surface area contributed by atoms with Gasteiger partial charge in [0, 0.05) is 6.54 Å². The maximum absolute atomic E-state index is 11.9. The predicted octanol–water partition coefficient (Wildman–Crippen LogP) is 1.58. The molecule has 110 valence electrons. The van der Waals surface area contributed by atoms with Crippen LogP contribution in [0.2, 0.25) is 0 Å². The van der Waals surface area contributed by atoms with Gasteiger partial charge in [-0.05, 0) is 30.7 Å². The van der Waals surface area contributed by atoms with Crippen LogP contribution in [0.4, 0.5) is 5.69 Å². The molecule has 21 heavy (non-hydrogen) atoms. The summed E-state index contributed by atoms with van der Waals surface area (Å²) in [4.78, 5) is 0.147. The molecule has 1 rings (SSSR count). The Labute approximate surface area is 123 Å². The summed E-state index contributed by atoms with van der Waals surface area (Å²) in [6.07, 6.45) is 1.68. The van der Waals surface area contributed by atoms with E-state index in [-0.39, 0.29) is 10.6 Å². The fourth-order valence-electron chi connectivity index (χ4n) is 1.37. The molecule has 7 nitrogen and oxygen atoms in total. The van der Waals surface area contributed by atoms with Crippen molar-refractivity contribution < 1.29 is 8.42 Å². The zero-order chi connectivity index (χ0) is 15.7. The number of sulfonamides is 1. The molecule has 8 heteroatoms. The Morgan fingerprint density at radius 3 is 2.38 bits per heavy atom. The van der Waals surface area contributed by atoms with Gasteiger partial charge in [0.1, 0.15) is 12.1 Å². The highest BCUT2D eigenvalue weighted by molar-refractivity contribution is 7.89. The van der Waals surface area contributed by atoms with E-state index in [0.717, 1.165) is 12.8 Å². The number of hydrazone groups is 1. The lowest BCUT2D eigenvalue weighted by atomic mass is 10.3. The zero-order valence-corrected chi connectivity index (χ0v) is 12.3. The summed E-state index contributed by atoms with van der Waals surface area (Å²) in [7, 11) is -3.51. The average molecular weight is 305 g/mol. The third kappa shape index (κ3) is 5.22. The van der Waals surface area contributed by atoms with Gasteiger partial charge in [-0.1, -0.05) is 13.3 Å². The summed E-state index contributed by atoms with van der Waals surface area (Å²) in [5.74, 6) is 0. The topological polar surface area (TPSA) is 118 Å². The van der Waals surface area contributed by atoms with Crippen molar-refractivity contribution in [3.8, 4) is 12.1 Å². The van der Waals surface area contributed by atoms with Crippen LogP contribution in [-0.2, 0) is 10.0 Å². The van der Waals surface area contributed by atoms with Crippen LogP contribution in [0, 0.1) is 22.7 Å². The van der Waals surface area contributed by atoms with Crippen LogP contribution in [0.15, 0.2) is 34.3 Å². The van der Waals surface area contributed by atoms with E-state index in [0.29, 0.717) is 12.2 Å². The van der Waals surface area contributed by atoms with Gasteiger partial charge in [-0.25, -0.2) is 13.1 Å². The Kier molecular flexibility index (Phi) is 6.34. The fraction of sp³-hybridized carbons (Fsp3) is 0.308. The highest BCUT2D eigenvalue weighted by atomic mass is 32.2. The monoisotopic (exact) mass is 305 g/mol. The number of nitrogens with one attached hydrogen (secondary N) is 2. The first-order chi connectivity index (χ1) is 10.0. The minimum Gasteiger partial charge on any atom is -0.277 e. The largest absolute Gasteiger partial charge is 0.277 e. The van der Waals surface area contributed by atoms with Crippen molar-refractivity contribution >= 4 is 21.4 Å². The van der Waals surface area contributed by atoms with Gasteiger partial charge in [0.2, 0.25) is 15.7 Å². The Balaban J connectivity index is 2.77. The Hall–Kier alpha value is -2.42. The van der Waals surface area contributed by atoms with Gasteiger partial charge >= 0.3 is 0 Å². The molecule has 1 aromatic carbocycles. The lowest BCUT2D eigenvalue weighted by Gasteiger charge is -2.07. The molecular formula is C13H15N5O2S. The standard InChI is InChI=1S/C13H15N5O2S/c1-2-3-8-16-21(19,20)13-6-4-11(5-7-13)17-18-12(9-14)10-15/h4-7,16-17H,2-3,8H2,1H3. The van der Waals surface area contributed by atoms with Crippen molar-refractivity contribution in [1.29, 1.82) is 10.5 Å². The smallest absolute Gasteiger partial charge is 0.240 e. The van der Waals surface area contributed by atoms with Gasteiger partial charge < -0.3 is 0 Å². The van der Waals surface area contributed by atoms with Gasteiger partial charge in [-0.2, -0.15) is 15.6 Å². The van der Waals surface area contributed by atoms with Crippen molar-refractivity contribution in [3.63, 3.8) is 0 Å². The number of unbranched alkanes of at least 4 members (excludes halogenated alkanes) is 1. The van der Waals surface area contributed by atoms with Crippen LogP contribution in [0.25, 0.3) is 0 Å². The molecule has 0 heterocycles. The van der Waals surface area contributed by atoms with Crippen molar-refractivity contribution in [2.75, 3.05) is 12.0 Å². The molecule has 0 amide bonds. The van der Waals surface area contributed by atoms with E-state index in [1.54, 1.807) is 12.1 Å². The highest BCUT2D eigenvalue weighted by Crippen LogP contribution is 2.14. The molecule has 0 aliphatic heterocycles. The summed E-state index contributed by atoms with van der Waals surface area (Å²) in [6, 6.07) is 9.06. The van der Waals surface area contributed by atoms with Crippen molar-refractivity contribution in [2.45, 2.75) is 24.7 Å². The second-order valence-corrected chi connectivity index (χ2v) is 5.84. The predicted molar refractivity (Wildman–Crippen MR) is 78.8 cm³/mol. The summed E-state index contributed by atoms with van der Waals surface area (Å²) < 4.78 is 26.4. The molecule has 0 atom stereocenters. The average Bonchev–Trinajstić information content (AvgIpc) is 2.49. The number of nitriles is 2. The molecule has 2 N–H and O–H groups in total. The van der Waals surface area contributed by atoms with Gasteiger partial charge in [-0.15, -0.1) is 0 Å². The second-order valence-electron chi connectivity index (χ2n) is 4.07. The van der Waals surface area contributed by atoms with Gasteiger partial charge in [0.25, 0.3) is 0 Å². The van der Waals surface area contributed by atoms with E-state index in [9.17, 15) is 8.42 Å². The Morgan fingerprint density at radius 2 is 1.86 bits per heavy atom. The molecule has 0 aliphatic carbocycles. The van der Waals surface area contributed by atoms with E-state index >= 15 is 0 Å². The first-order valence-corrected chi connectivity index (χ1v) is 7.75. The van der Waals surface area contributed by atoms with Crippen molar-refractivity contribution in [3.05, 3.63) is 24.3 Å². The third-order valence-electron chi connectivity index (χ3n) is 2.50. The van der Waals surface area contributed by atoms with Crippen LogP contribution in [0.1, 0.15) is 19.8 Å². The zero-order valence-electron chi connectivity index (χ0n) is 11.5. The summed E-state index contributed by atoms with van der Waals surface area (Å²) in [5, 5.41) is 20.6. The molecule has 0 bridgehead atoms. The number of hydrogen-bond acceptors (Lipinski definition) is 6. The Morgan fingerprint density at radius 1 is 1.24 bits per heavy atom. The lowest BCUT2D eigenvalue weighted by Crippen LogP contribution is -2.24. The molecule has 0 spiro atoms. The number of benzene rings is 1. The molecule has 0 fully saturated rings. The summed E-state index contributed by atoms with van der Waals surface area (Å²) >= 11 is 0. The van der Waals surface area contributed by atoms with E-state index in [1.165, 1.54) is 24.3 Å². The maximum Gasteiger partial charge on any atom is 0.240 e. The minimum atomic E-state index is -3.51. The van der Waals surface area contributed by atoms with Gasteiger partial charge in [0.05, 0.1) is 10.6 Å². The maximum atomic E-state index is 11.9. The number of rotatable bonds is 7. The number of hydrogen-bond donors (Lipinski definition) is 2. The number of nitrogens with zero attached hydrogens (tertiary/aromatic N) is 3. The highest BCUT2D eigenvalue weighted by Gasteiger charge is 2.12. The normalized spacial score (nSPS) is 10.2. The van der Waals surface area contributed by atoms with Crippen LogP contribution < -0.4 is 10.1 Å². The number of anilines is 1. The molecule has 0 aliphatic rings. The minimum absolute atomic E-state index is 0.147. The molecule has 1 aromatic rings. The van der Waals surface area contributed by atoms with E-state index in [1.807, 2.05) is 6.92 Å². The molecule has 0 saturated carbocycles. The van der Waals surface area contributed by atoms with Gasteiger partial charge in [-0.3, -0.25) is 5.43 Å². The summed E-state index contributed by atoms with van der Waals surface area (Å²) in [5.41, 5.74) is 2.67. The van der Waals surface area contributed by atoms with Crippen molar-refractivity contribution in [2.24, 2.45) is 5.10 Å². The molecular weight excluding hydrogens is 290 g/mol. The molecule has 0 radical (unpaired) electrons. The summed E-state index contributed by atoms with van der Waals surface area (Å²) in [6.45, 7) is 2.38. The van der Waals surface area contributed by atoms with E-state index in [2.05, 4.69) is 15.2 Å². The third-order valence-corrected chi connectivity index (χ3v) is 3.97. The van der Waals surface area contributed by atoms with Crippen molar-refractivity contribution in [1.82, 2.24) is 4.72 Å². The van der Waals surface area contributed by atoms with E-state index in [4.69, 9.17) is 10.5 Å². The SMILES string of the molecule is CCCCNS(=O)(=O)c1ccc(NN=C(C#N)C#N)cc1.